The van der Waals surface area contributed by atoms with Crippen molar-refractivity contribution in [3.05, 3.63) is 30.6 Å². The second-order valence-corrected chi connectivity index (χ2v) is 16.8. The molecule has 37 heavy (non-hydrogen) atoms. The fraction of sp³-hybridized carbons (Fsp3) is 0.519. The summed E-state index contributed by atoms with van der Waals surface area (Å²) in [7, 11) is 6.08. The highest BCUT2D eigenvalue weighted by atomic mass is 28.3. The Balaban J connectivity index is 1.66. The number of carbonyl (C=O) groups excluding carboxylic acids is 1. The predicted octanol–water partition coefficient (Wildman–Crippen LogP) is 4.56. The normalized spacial score (nSPS) is 17.3. The Kier molecular flexibility index (Phi) is 8.20. The predicted molar refractivity (Wildman–Crippen MR) is 149 cm³/mol. The molecule has 10 heteroatoms. The molecule has 3 heterocycles. The van der Waals surface area contributed by atoms with Crippen LogP contribution in [0.15, 0.2) is 30.6 Å². The molecule has 0 bridgehead atoms. The van der Waals surface area contributed by atoms with E-state index in [2.05, 4.69) is 34.8 Å². The highest BCUT2D eigenvalue weighted by molar-refractivity contribution is 6.76. The Morgan fingerprint density at radius 3 is 2.65 bits per heavy atom. The highest BCUT2D eigenvalue weighted by Crippen LogP contribution is 2.42. The average Bonchev–Trinajstić information content (AvgIpc) is 3.52. The minimum Gasteiger partial charge on any atom is -0.496 e. The van der Waals surface area contributed by atoms with Gasteiger partial charge in [0.05, 0.1) is 19.8 Å². The molecule has 9 nitrogen and oxygen atoms in total. The van der Waals surface area contributed by atoms with Crippen molar-refractivity contribution < 1.29 is 19.0 Å². The molecule has 0 spiro atoms. The van der Waals surface area contributed by atoms with Gasteiger partial charge in [-0.25, -0.2) is 9.97 Å². The summed E-state index contributed by atoms with van der Waals surface area (Å²) in [6, 6.07) is 6.71. The third-order valence-electron chi connectivity index (χ3n) is 6.62. The number of hydrogen-bond donors (Lipinski definition) is 1. The Bertz CT molecular complexity index is 1230. The molecule has 2 atom stereocenters. The van der Waals surface area contributed by atoms with Crippen molar-refractivity contribution in [2.24, 2.45) is 11.8 Å². The Morgan fingerprint density at radius 1 is 1.19 bits per heavy atom. The summed E-state index contributed by atoms with van der Waals surface area (Å²) in [5, 5.41) is 3.93. The first-order valence-corrected chi connectivity index (χ1v) is 16.4. The molecule has 1 aliphatic carbocycles. The van der Waals surface area contributed by atoms with Gasteiger partial charge >= 0.3 is 0 Å². The van der Waals surface area contributed by atoms with Gasteiger partial charge in [-0.3, -0.25) is 4.79 Å². The second kappa shape index (κ2) is 11.2. The minimum absolute atomic E-state index is 0.0269. The van der Waals surface area contributed by atoms with Gasteiger partial charge in [-0.1, -0.05) is 19.6 Å². The first kappa shape index (κ1) is 27.1. The van der Waals surface area contributed by atoms with Crippen molar-refractivity contribution in [2.75, 3.05) is 46.8 Å². The molecular weight excluding hydrogens is 486 g/mol. The number of carbonyl (C=O) groups is 1. The maximum absolute atomic E-state index is 12.8. The lowest BCUT2D eigenvalue weighted by Crippen LogP contribution is -2.22. The summed E-state index contributed by atoms with van der Waals surface area (Å²) in [5.74, 6) is 2.13. The quantitative estimate of drug-likeness (QED) is 0.274. The number of hydrogen-bond acceptors (Lipinski definition) is 7. The van der Waals surface area contributed by atoms with Crippen LogP contribution < -0.4 is 14.8 Å². The SMILES string of the molecule is COc1ccnc(OC)c1-c1cn(COCC[Si](C)(C)C)c2nc(NC(=O)[C@@H]3C[C@H]3CN(C)C)ccc12. The van der Waals surface area contributed by atoms with E-state index in [1.807, 2.05) is 43.1 Å². The second-order valence-electron chi connectivity index (χ2n) is 11.2. The monoisotopic (exact) mass is 525 g/mol. The first-order valence-electron chi connectivity index (χ1n) is 12.7. The number of nitrogens with one attached hydrogen (secondary N) is 1. The van der Waals surface area contributed by atoms with E-state index in [-0.39, 0.29) is 11.8 Å². The minimum atomic E-state index is -1.21. The zero-order valence-corrected chi connectivity index (χ0v) is 24.0. The maximum Gasteiger partial charge on any atom is 0.228 e. The van der Waals surface area contributed by atoms with Crippen molar-refractivity contribution in [1.29, 1.82) is 0 Å². The molecule has 0 aromatic carbocycles. The molecule has 3 aromatic heterocycles. The third kappa shape index (κ3) is 6.49. The van der Waals surface area contributed by atoms with Gasteiger partial charge < -0.3 is 29.0 Å². The van der Waals surface area contributed by atoms with Gasteiger partial charge in [-0.2, -0.15) is 0 Å². The molecular formula is C27H39N5O4Si. The van der Waals surface area contributed by atoms with E-state index in [1.54, 1.807) is 20.4 Å². The van der Waals surface area contributed by atoms with Crippen molar-refractivity contribution in [3.63, 3.8) is 0 Å². The van der Waals surface area contributed by atoms with Crippen LogP contribution >= 0.6 is 0 Å². The van der Waals surface area contributed by atoms with Crippen LogP contribution in [-0.4, -0.2) is 74.9 Å². The lowest BCUT2D eigenvalue weighted by Gasteiger charge is -2.15. The van der Waals surface area contributed by atoms with Gasteiger partial charge in [-0.05, 0) is 50.7 Å². The highest BCUT2D eigenvalue weighted by Gasteiger charge is 2.43. The molecule has 0 radical (unpaired) electrons. The van der Waals surface area contributed by atoms with Crippen LogP contribution in [-0.2, 0) is 16.3 Å². The van der Waals surface area contributed by atoms with Gasteiger partial charge in [0, 0.05) is 50.5 Å². The van der Waals surface area contributed by atoms with Crippen LogP contribution in [0, 0.1) is 11.8 Å². The van der Waals surface area contributed by atoms with Crippen LogP contribution in [0.25, 0.3) is 22.2 Å². The third-order valence-corrected chi connectivity index (χ3v) is 8.32. The standard InChI is InChI=1S/C27H39N5O4Si/c1-31(2)15-18-14-20(18)26(33)30-23-9-8-19-21(24-22(34-3)10-11-28-27(24)35-4)16-32(25(19)29-23)17-36-12-13-37(5,6)7/h8-11,16,18,20H,12-15,17H2,1-7H3,(H,29,30,33)/t18-,20+/m0/s1. The van der Waals surface area contributed by atoms with Crippen molar-refractivity contribution in [3.8, 4) is 22.8 Å². The van der Waals surface area contributed by atoms with E-state index < -0.39 is 8.07 Å². The molecule has 0 saturated heterocycles. The molecule has 1 N–H and O–H groups in total. The zero-order chi connectivity index (χ0) is 26.7. The van der Waals surface area contributed by atoms with Crippen molar-refractivity contribution in [1.82, 2.24) is 19.4 Å². The van der Waals surface area contributed by atoms with Crippen LogP contribution in [0.1, 0.15) is 6.42 Å². The Hall–Kier alpha value is -2.95. The summed E-state index contributed by atoms with van der Waals surface area (Å²) in [5.41, 5.74) is 2.35. The Morgan fingerprint density at radius 2 is 1.97 bits per heavy atom. The van der Waals surface area contributed by atoms with E-state index in [9.17, 15) is 4.79 Å². The molecule has 4 rings (SSSR count). The van der Waals surface area contributed by atoms with Crippen LogP contribution in [0.4, 0.5) is 5.82 Å². The van der Waals surface area contributed by atoms with Crippen molar-refractivity contribution >= 4 is 30.8 Å². The van der Waals surface area contributed by atoms with Crippen LogP contribution in [0.5, 0.6) is 11.6 Å². The van der Waals surface area contributed by atoms with Crippen LogP contribution in [0.2, 0.25) is 25.7 Å². The molecule has 1 aliphatic rings. The summed E-state index contributed by atoms with van der Waals surface area (Å²) < 4.78 is 19.3. The van der Waals surface area contributed by atoms with E-state index >= 15 is 0 Å². The van der Waals surface area contributed by atoms with Gasteiger partial charge in [0.1, 0.15) is 23.9 Å². The molecule has 0 aliphatic heterocycles. The number of methoxy groups -OCH3 is 2. The number of anilines is 1. The molecule has 1 fully saturated rings. The largest absolute Gasteiger partial charge is 0.496 e. The molecule has 200 valence electrons. The first-order chi connectivity index (χ1) is 17.6. The number of fused-ring (bicyclic) bond motifs is 1. The van der Waals surface area contributed by atoms with E-state index in [0.717, 1.165) is 41.2 Å². The number of nitrogens with zero attached hydrogens (tertiary/aromatic N) is 4. The summed E-state index contributed by atoms with van der Waals surface area (Å²) >= 11 is 0. The smallest absolute Gasteiger partial charge is 0.228 e. The van der Waals surface area contributed by atoms with E-state index in [0.29, 0.717) is 36.7 Å². The van der Waals surface area contributed by atoms with E-state index in [1.165, 1.54) is 0 Å². The molecule has 1 saturated carbocycles. The molecule has 1 amide bonds. The van der Waals surface area contributed by atoms with Crippen LogP contribution in [0.3, 0.4) is 0 Å². The summed E-state index contributed by atoms with van der Waals surface area (Å²) in [4.78, 5) is 24.2. The van der Waals surface area contributed by atoms with Crippen molar-refractivity contribution in [2.45, 2.75) is 38.8 Å². The number of aromatic nitrogens is 3. The molecule has 3 aromatic rings. The summed E-state index contributed by atoms with van der Waals surface area (Å²) in [6.07, 6.45) is 4.57. The van der Waals surface area contributed by atoms with Gasteiger partial charge in [-0.15, -0.1) is 0 Å². The Labute approximate surface area is 220 Å². The fourth-order valence-corrected chi connectivity index (χ4v) is 5.29. The lowest BCUT2D eigenvalue weighted by molar-refractivity contribution is -0.117. The van der Waals surface area contributed by atoms with Gasteiger partial charge in [0.15, 0.2) is 0 Å². The molecule has 0 unspecified atom stereocenters. The lowest BCUT2D eigenvalue weighted by atomic mass is 10.1. The average molecular weight is 526 g/mol. The number of pyridine rings is 2. The zero-order valence-electron chi connectivity index (χ0n) is 23.0. The number of rotatable bonds is 12. The number of amides is 1. The fourth-order valence-electron chi connectivity index (χ4n) is 4.53. The topological polar surface area (TPSA) is 90.7 Å². The van der Waals surface area contributed by atoms with E-state index in [4.69, 9.17) is 19.2 Å². The summed E-state index contributed by atoms with van der Waals surface area (Å²) in [6.45, 7) is 8.96. The maximum atomic E-state index is 12.8. The van der Waals surface area contributed by atoms with Gasteiger partial charge in [0.25, 0.3) is 0 Å². The number of ether oxygens (including phenoxy) is 3. The van der Waals surface area contributed by atoms with Gasteiger partial charge in [0.2, 0.25) is 11.8 Å².